The summed E-state index contributed by atoms with van der Waals surface area (Å²) >= 11 is 0. The first kappa shape index (κ1) is 14.7. The van der Waals surface area contributed by atoms with Gasteiger partial charge in [-0.3, -0.25) is 4.79 Å². The van der Waals surface area contributed by atoms with Crippen LogP contribution in [0.15, 0.2) is 0 Å². The van der Waals surface area contributed by atoms with E-state index in [-0.39, 0.29) is 13.1 Å². The largest absolute Gasteiger partial charge is 0.386 e. The van der Waals surface area contributed by atoms with Gasteiger partial charge in [-0.2, -0.15) is 0 Å². The van der Waals surface area contributed by atoms with Crippen molar-refractivity contribution in [1.29, 1.82) is 0 Å². The molecule has 1 aliphatic heterocycles. The molecule has 1 saturated heterocycles. The topological polar surface area (TPSA) is 40.5 Å². The molecule has 1 fully saturated rings. The van der Waals surface area contributed by atoms with Gasteiger partial charge < -0.3 is 10.0 Å². The van der Waals surface area contributed by atoms with Crippen molar-refractivity contribution < 1.29 is 31.9 Å². The molecule has 0 bridgehead atoms. The second-order valence-corrected chi connectivity index (χ2v) is 4.68. The van der Waals surface area contributed by atoms with Crippen LogP contribution in [-0.2, 0) is 0 Å². The Kier molecular flexibility index (Phi) is 3.45. The Morgan fingerprint density at radius 1 is 1.05 bits per heavy atom. The van der Waals surface area contributed by atoms with E-state index in [9.17, 15) is 31.9 Å². The lowest BCUT2D eigenvalue weighted by Crippen LogP contribution is -2.63. The number of carbonyl (C=O) groups excluding carboxylic acids is 1. The van der Waals surface area contributed by atoms with Crippen LogP contribution in [0.2, 0.25) is 0 Å². The molecule has 1 aromatic rings. The van der Waals surface area contributed by atoms with Gasteiger partial charge in [0, 0.05) is 0 Å². The Hall–Kier alpha value is -1.70. The van der Waals surface area contributed by atoms with Gasteiger partial charge in [0.1, 0.15) is 5.56 Å². The fourth-order valence-electron chi connectivity index (χ4n) is 1.98. The van der Waals surface area contributed by atoms with Crippen LogP contribution in [0, 0.1) is 29.1 Å². The molecule has 0 unspecified atom stereocenters. The number of benzene rings is 1. The minimum absolute atomic E-state index is 0.220. The molecule has 0 saturated carbocycles. The van der Waals surface area contributed by atoms with E-state index in [4.69, 9.17) is 0 Å². The highest BCUT2D eigenvalue weighted by molar-refractivity contribution is 5.95. The highest BCUT2D eigenvalue weighted by atomic mass is 19.2. The maximum Gasteiger partial charge on any atom is 0.260 e. The summed E-state index contributed by atoms with van der Waals surface area (Å²) in [5, 5.41) is 9.69. The lowest BCUT2D eigenvalue weighted by molar-refractivity contribution is -0.0829. The number of carbonyl (C=O) groups is 1. The summed E-state index contributed by atoms with van der Waals surface area (Å²) in [6.45, 7) is 1.20. The van der Waals surface area contributed by atoms with Crippen molar-refractivity contribution >= 4 is 5.91 Å². The Balaban J connectivity index is 2.38. The smallest absolute Gasteiger partial charge is 0.260 e. The van der Waals surface area contributed by atoms with E-state index in [0.29, 0.717) is 6.42 Å². The summed E-state index contributed by atoms with van der Waals surface area (Å²) < 4.78 is 65.6. The van der Waals surface area contributed by atoms with E-state index in [1.54, 1.807) is 6.92 Å². The molecule has 1 amide bonds. The van der Waals surface area contributed by atoms with E-state index in [1.165, 1.54) is 0 Å². The monoisotopic (exact) mass is 295 g/mol. The van der Waals surface area contributed by atoms with Crippen LogP contribution >= 0.6 is 0 Å². The molecule has 0 atom stereocenters. The van der Waals surface area contributed by atoms with E-state index in [1.807, 2.05) is 0 Å². The molecule has 1 N–H and O–H groups in total. The molecule has 0 aromatic heterocycles. The van der Waals surface area contributed by atoms with Crippen LogP contribution in [0.4, 0.5) is 22.0 Å². The third kappa shape index (κ3) is 2.04. The zero-order chi connectivity index (χ0) is 15.2. The Labute approximate surface area is 110 Å². The molecule has 8 heteroatoms. The first-order valence-corrected chi connectivity index (χ1v) is 5.75. The van der Waals surface area contributed by atoms with Crippen molar-refractivity contribution in [3.63, 3.8) is 0 Å². The lowest BCUT2D eigenvalue weighted by Gasteiger charge is -2.46. The van der Waals surface area contributed by atoms with Gasteiger partial charge in [-0.1, -0.05) is 6.92 Å². The van der Waals surface area contributed by atoms with Crippen molar-refractivity contribution in [3.05, 3.63) is 34.6 Å². The highest BCUT2D eigenvalue weighted by Gasteiger charge is 2.44. The molecule has 1 heterocycles. The van der Waals surface area contributed by atoms with Gasteiger partial charge in [-0.25, -0.2) is 22.0 Å². The van der Waals surface area contributed by atoms with Crippen LogP contribution in [0.25, 0.3) is 0 Å². The van der Waals surface area contributed by atoms with Gasteiger partial charge in [0.05, 0.1) is 18.7 Å². The molecule has 0 radical (unpaired) electrons. The van der Waals surface area contributed by atoms with E-state index >= 15 is 0 Å². The summed E-state index contributed by atoms with van der Waals surface area (Å²) in [6, 6.07) is 0. The Bertz CT molecular complexity index is 555. The zero-order valence-corrected chi connectivity index (χ0v) is 10.3. The molecule has 110 valence electrons. The number of aliphatic hydroxyl groups is 1. The van der Waals surface area contributed by atoms with Crippen molar-refractivity contribution in [2.75, 3.05) is 13.1 Å². The van der Waals surface area contributed by atoms with Gasteiger partial charge in [-0.05, 0) is 6.42 Å². The molecular weight excluding hydrogens is 285 g/mol. The molecule has 2 rings (SSSR count). The first-order valence-electron chi connectivity index (χ1n) is 5.75. The zero-order valence-electron chi connectivity index (χ0n) is 10.3. The molecule has 20 heavy (non-hydrogen) atoms. The third-order valence-electron chi connectivity index (χ3n) is 3.34. The maximum absolute atomic E-state index is 13.4. The number of halogens is 5. The van der Waals surface area contributed by atoms with Crippen LogP contribution < -0.4 is 0 Å². The third-order valence-corrected chi connectivity index (χ3v) is 3.34. The first-order chi connectivity index (χ1) is 9.22. The predicted octanol–water partition coefficient (Wildman–Crippen LogP) is 1.98. The number of hydrogen-bond acceptors (Lipinski definition) is 2. The van der Waals surface area contributed by atoms with Crippen molar-refractivity contribution in [1.82, 2.24) is 4.90 Å². The summed E-state index contributed by atoms with van der Waals surface area (Å²) in [4.78, 5) is 12.6. The van der Waals surface area contributed by atoms with E-state index in [2.05, 4.69) is 0 Å². The van der Waals surface area contributed by atoms with Gasteiger partial charge in [0.2, 0.25) is 5.82 Å². The standard InChI is InChI=1S/C12H10F5NO2/c1-2-12(20)3-18(4-12)11(19)5-6(13)8(15)10(17)9(16)7(5)14/h20H,2-4H2,1H3. The summed E-state index contributed by atoms with van der Waals surface area (Å²) in [5.41, 5.74) is -2.68. The van der Waals surface area contributed by atoms with Gasteiger partial charge in [-0.15, -0.1) is 0 Å². The fraction of sp³-hybridized carbons (Fsp3) is 0.417. The van der Waals surface area contributed by atoms with Crippen LogP contribution in [-0.4, -0.2) is 34.6 Å². The minimum Gasteiger partial charge on any atom is -0.386 e. The number of β-amino-alcohol motifs (C(OH)–C–C–N with tert-alkyl or cyclic N) is 1. The van der Waals surface area contributed by atoms with E-state index < -0.39 is 46.2 Å². The molecule has 1 aromatic carbocycles. The molecular formula is C12H10F5NO2. The van der Waals surface area contributed by atoms with Crippen molar-refractivity contribution in [2.24, 2.45) is 0 Å². The maximum atomic E-state index is 13.4. The summed E-state index contributed by atoms with van der Waals surface area (Å²) in [6.07, 6.45) is 0.299. The normalized spacial score (nSPS) is 17.1. The quantitative estimate of drug-likeness (QED) is 0.515. The van der Waals surface area contributed by atoms with Gasteiger partial charge >= 0.3 is 0 Å². The number of likely N-dealkylation sites (tertiary alicyclic amines) is 1. The lowest BCUT2D eigenvalue weighted by atomic mass is 9.90. The number of nitrogens with zero attached hydrogens (tertiary/aromatic N) is 1. The average Bonchev–Trinajstić information content (AvgIpc) is 2.39. The molecule has 3 nitrogen and oxygen atoms in total. The summed E-state index contributed by atoms with van der Waals surface area (Å²) in [5.74, 6) is -12.3. The highest BCUT2D eigenvalue weighted by Crippen LogP contribution is 2.29. The van der Waals surface area contributed by atoms with Gasteiger partial charge in [0.25, 0.3) is 5.91 Å². The predicted molar refractivity (Wildman–Crippen MR) is 57.4 cm³/mol. The van der Waals surface area contributed by atoms with Crippen LogP contribution in [0.3, 0.4) is 0 Å². The number of hydrogen-bond donors (Lipinski definition) is 1. The minimum atomic E-state index is -2.31. The SMILES string of the molecule is CCC1(O)CN(C(=O)c2c(F)c(F)c(F)c(F)c2F)C1. The van der Waals surface area contributed by atoms with E-state index in [0.717, 1.165) is 4.90 Å². The Morgan fingerprint density at radius 3 is 1.85 bits per heavy atom. The fourth-order valence-corrected chi connectivity index (χ4v) is 1.98. The van der Waals surface area contributed by atoms with Crippen LogP contribution in [0.1, 0.15) is 23.7 Å². The molecule has 0 aliphatic carbocycles. The average molecular weight is 295 g/mol. The number of rotatable bonds is 2. The van der Waals surface area contributed by atoms with Crippen molar-refractivity contribution in [3.8, 4) is 0 Å². The molecule has 1 aliphatic rings. The van der Waals surface area contributed by atoms with Crippen molar-refractivity contribution in [2.45, 2.75) is 18.9 Å². The summed E-state index contributed by atoms with van der Waals surface area (Å²) in [7, 11) is 0. The van der Waals surface area contributed by atoms with Crippen LogP contribution in [0.5, 0.6) is 0 Å². The molecule has 0 spiro atoms. The number of amides is 1. The Morgan fingerprint density at radius 2 is 1.45 bits per heavy atom. The second kappa shape index (κ2) is 4.69. The second-order valence-electron chi connectivity index (χ2n) is 4.68. The van der Waals surface area contributed by atoms with Gasteiger partial charge in [0.15, 0.2) is 23.3 Å².